The van der Waals surface area contributed by atoms with E-state index < -0.39 is 0 Å². The van der Waals surface area contributed by atoms with Crippen LogP contribution in [0.5, 0.6) is 0 Å². The van der Waals surface area contributed by atoms with Crippen LogP contribution in [0.15, 0.2) is 17.8 Å². The molecule has 0 aliphatic rings. The van der Waals surface area contributed by atoms with Crippen molar-refractivity contribution in [3.05, 3.63) is 40.4 Å². The fraction of sp³-hybridized carbons (Fsp3) is 0.312. The normalized spacial score (nSPS) is 12.8. The molecule has 1 N–H and O–H groups in total. The monoisotopic (exact) mass is 355 g/mol. The number of nitrogens with one attached hydrogen (secondary N) is 1. The van der Waals surface area contributed by atoms with Gasteiger partial charge in [0.15, 0.2) is 5.65 Å². The smallest absolute Gasteiger partial charge is 0.252 e. The lowest BCUT2D eigenvalue weighted by atomic mass is 10.1. The highest BCUT2D eigenvalue weighted by Crippen LogP contribution is 2.23. The number of nitrogens with zero attached hydrogens (tertiary/aromatic N) is 6. The number of carbonyl (C=O) groups excluding carboxylic acids is 1. The third-order valence-corrected chi connectivity index (χ3v) is 4.83. The van der Waals surface area contributed by atoms with Crippen molar-refractivity contribution in [3.8, 4) is 0 Å². The largest absolute Gasteiger partial charge is 0.344 e. The Kier molecular flexibility index (Phi) is 3.53. The van der Waals surface area contributed by atoms with Gasteiger partial charge in [0.05, 0.1) is 34.6 Å². The van der Waals surface area contributed by atoms with Crippen molar-refractivity contribution < 1.29 is 4.79 Å². The minimum atomic E-state index is -0.234. The molecular weight excluding hydrogens is 338 g/mol. The molecule has 1 amide bonds. The van der Waals surface area contributed by atoms with Crippen LogP contribution in [0.1, 0.15) is 40.4 Å². The summed E-state index contributed by atoms with van der Waals surface area (Å²) in [6.07, 6.45) is 1.83. The predicted octanol–water partition coefficient (Wildman–Crippen LogP) is 2.18. The SMILES string of the molecule is Cc1cc(C(=O)N[C@@H](C)c2cn3ncsc3n2)c2c(C)nn(C)c2n1. The molecule has 1 atom stereocenters. The summed E-state index contributed by atoms with van der Waals surface area (Å²) >= 11 is 1.46. The predicted molar refractivity (Wildman–Crippen MR) is 94.7 cm³/mol. The Morgan fingerprint density at radius 2 is 2.12 bits per heavy atom. The number of aromatic nitrogens is 6. The minimum absolute atomic E-state index is 0.164. The topological polar surface area (TPSA) is 90.0 Å². The molecule has 4 aromatic rings. The van der Waals surface area contributed by atoms with Crippen molar-refractivity contribution in [1.82, 2.24) is 34.7 Å². The number of aryl methyl sites for hydroxylation is 3. The Balaban J connectivity index is 1.69. The number of amides is 1. The van der Waals surface area contributed by atoms with Crippen molar-refractivity contribution in [3.63, 3.8) is 0 Å². The number of hydrogen-bond donors (Lipinski definition) is 1. The van der Waals surface area contributed by atoms with E-state index in [4.69, 9.17) is 0 Å². The molecule has 0 unspecified atom stereocenters. The third kappa shape index (κ3) is 2.56. The van der Waals surface area contributed by atoms with Crippen molar-refractivity contribution in [2.75, 3.05) is 0 Å². The second kappa shape index (κ2) is 5.62. The molecule has 4 aromatic heterocycles. The molecule has 0 saturated heterocycles. The zero-order valence-corrected chi connectivity index (χ0v) is 15.1. The maximum atomic E-state index is 12.9. The molecular formula is C16H17N7OS. The van der Waals surface area contributed by atoms with Crippen molar-refractivity contribution in [2.45, 2.75) is 26.8 Å². The molecule has 0 fully saturated rings. The summed E-state index contributed by atoms with van der Waals surface area (Å²) in [5.41, 5.74) is 5.37. The molecule has 4 heterocycles. The van der Waals surface area contributed by atoms with Crippen LogP contribution in [0.4, 0.5) is 0 Å². The Bertz CT molecular complexity index is 1080. The highest BCUT2D eigenvalue weighted by Gasteiger charge is 2.20. The van der Waals surface area contributed by atoms with Gasteiger partial charge in [0.1, 0.15) is 5.51 Å². The summed E-state index contributed by atoms with van der Waals surface area (Å²) in [6, 6.07) is 1.56. The molecule has 0 aliphatic heterocycles. The van der Waals surface area contributed by atoms with Crippen LogP contribution in [0.3, 0.4) is 0 Å². The summed E-state index contributed by atoms with van der Waals surface area (Å²) < 4.78 is 3.41. The lowest BCUT2D eigenvalue weighted by Crippen LogP contribution is -2.27. The van der Waals surface area contributed by atoms with Crippen LogP contribution in [0, 0.1) is 13.8 Å². The van der Waals surface area contributed by atoms with E-state index in [9.17, 15) is 4.79 Å². The zero-order valence-electron chi connectivity index (χ0n) is 14.3. The Labute approximate surface area is 147 Å². The van der Waals surface area contributed by atoms with Gasteiger partial charge in [-0.3, -0.25) is 9.48 Å². The van der Waals surface area contributed by atoms with Gasteiger partial charge in [0.2, 0.25) is 4.96 Å². The number of carbonyl (C=O) groups is 1. The second-order valence-corrected chi connectivity index (χ2v) is 6.86. The van der Waals surface area contributed by atoms with E-state index in [0.29, 0.717) is 11.2 Å². The molecule has 128 valence electrons. The molecule has 0 aliphatic carbocycles. The van der Waals surface area contributed by atoms with Gasteiger partial charge in [0, 0.05) is 12.7 Å². The highest BCUT2D eigenvalue weighted by atomic mass is 32.1. The number of imidazole rings is 1. The fourth-order valence-corrected chi connectivity index (χ4v) is 3.57. The average molecular weight is 355 g/mol. The van der Waals surface area contributed by atoms with E-state index in [1.54, 1.807) is 20.8 Å². The maximum absolute atomic E-state index is 12.9. The summed E-state index contributed by atoms with van der Waals surface area (Å²) in [5.74, 6) is -0.164. The standard InChI is InChI=1S/C16H17N7OS/c1-8-5-11(13-10(3)21-22(4)14(13)18-8)15(24)19-9(2)12-6-23-16(20-12)25-7-17-23/h5-7,9H,1-4H3,(H,19,24)/t9-/m0/s1. The zero-order chi connectivity index (χ0) is 17.7. The molecule has 0 saturated carbocycles. The molecule has 25 heavy (non-hydrogen) atoms. The molecule has 0 spiro atoms. The van der Waals surface area contributed by atoms with Gasteiger partial charge < -0.3 is 5.32 Å². The first-order valence-electron chi connectivity index (χ1n) is 7.84. The quantitative estimate of drug-likeness (QED) is 0.608. The van der Waals surface area contributed by atoms with E-state index in [1.807, 2.05) is 34.0 Å². The molecule has 4 rings (SSSR count). The van der Waals surface area contributed by atoms with Gasteiger partial charge in [-0.2, -0.15) is 10.2 Å². The van der Waals surface area contributed by atoms with E-state index in [1.165, 1.54) is 11.3 Å². The Morgan fingerprint density at radius 3 is 2.88 bits per heavy atom. The van der Waals surface area contributed by atoms with Gasteiger partial charge >= 0.3 is 0 Å². The summed E-state index contributed by atoms with van der Waals surface area (Å²) in [6.45, 7) is 5.66. The van der Waals surface area contributed by atoms with Crippen LogP contribution in [-0.4, -0.2) is 35.3 Å². The van der Waals surface area contributed by atoms with Crippen LogP contribution in [0.25, 0.3) is 16.0 Å². The van der Waals surface area contributed by atoms with E-state index in [-0.39, 0.29) is 11.9 Å². The molecule has 0 aromatic carbocycles. The lowest BCUT2D eigenvalue weighted by molar-refractivity contribution is 0.0940. The van der Waals surface area contributed by atoms with E-state index >= 15 is 0 Å². The summed E-state index contributed by atoms with van der Waals surface area (Å²) in [5, 5.41) is 12.4. The summed E-state index contributed by atoms with van der Waals surface area (Å²) in [4.78, 5) is 22.7. The molecule has 0 radical (unpaired) electrons. The van der Waals surface area contributed by atoms with Crippen molar-refractivity contribution in [2.24, 2.45) is 7.05 Å². The van der Waals surface area contributed by atoms with Gasteiger partial charge in [-0.1, -0.05) is 11.3 Å². The number of hydrogen-bond acceptors (Lipinski definition) is 6. The first-order valence-corrected chi connectivity index (χ1v) is 8.72. The van der Waals surface area contributed by atoms with Crippen LogP contribution in [0.2, 0.25) is 0 Å². The van der Waals surface area contributed by atoms with Crippen molar-refractivity contribution in [1.29, 1.82) is 0 Å². The van der Waals surface area contributed by atoms with Gasteiger partial charge in [-0.15, -0.1) is 0 Å². The lowest BCUT2D eigenvalue weighted by Gasteiger charge is -2.12. The minimum Gasteiger partial charge on any atom is -0.344 e. The van der Waals surface area contributed by atoms with Crippen LogP contribution >= 0.6 is 11.3 Å². The summed E-state index contributed by atoms with van der Waals surface area (Å²) in [7, 11) is 1.83. The molecule has 8 nitrogen and oxygen atoms in total. The second-order valence-electron chi connectivity index (χ2n) is 6.05. The number of rotatable bonds is 3. The van der Waals surface area contributed by atoms with Gasteiger partial charge in [-0.25, -0.2) is 14.5 Å². The Hall–Kier alpha value is -2.81. The van der Waals surface area contributed by atoms with Gasteiger partial charge in [-0.05, 0) is 26.8 Å². The molecule has 0 bridgehead atoms. The fourth-order valence-electron chi connectivity index (χ4n) is 2.96. The first-order chi connectivity index (χ1) is 11.9. The molecule has 9 heteroatoms. The van der Waals surface area contributed by atoms with Gasteiger partial charge in [0.25, 0.3) is 5.91 Å². The number of fused-ring (bicyclic) bond motifs is 2. The first kappa shape index (κ1) is 15.7. The van der Waals surface area contributed by atoms with Crippen molar-refractivity contribution >= 4 is 33.2 Å². The number of pyridine rings is 1. The third-order valence-electron chi connectivity index (χ3n) is 4.14. The van der Waals surface area contributed by atoms with E-state index in [0.717, 1.165) is 27.4 Å². The van der Waals surface area contributed by atoms with Crippen LogP contribution < -0.4 is 5.32 Å². The van der Waals surface area contributed by atoms with E-state index in [2.05, 4.69) is 25.5 Å². The van der Waals surface area contributed by atoms with Crippen LogP contribution in [-0.2, 0) is 7.05 Å². The average Bonchev–Trinajstić information content (AvgIpc) is 3.21. The maximum Gasteiger partial charge on any atom is 0.252 e. The Morgan fingerprint density at radius 1 is 1.32 bits per heavy atom. The highest BCUT2D eigenvalue weighted by molar-refractivity contribution is 7.14.